The summed E-state index contributed by atoms with van der Waals surface area (Å²) in [5.74, 6) is 0. The number of nitrogens with zero attached hydrogens (tertiary/aromatic N) is 1. The molecule has 0 aliphatic heterocycles. The largest absolute Gasteiger partial charge is 0.309 e. The molecule has 2 aromatic heterocycles. The summed E-state index contributed by atoms with van der Waals surface area (Å²) in [5, 5.41) is 5.34. The Hall–Kier alpha value is -6.22. The van der Waals surface area contributed by atoms with E-state index < -0.39 is 0 Å². The summed E-state index contributed by atoms with van der Waals surface area (Å²) in [4.78, 5) is 0. The Kier molecular flexibility index (Phi) is 6.12. The van der Waals surface area contributed by atoms with Gasteiger partial charge in [-0.3, -0.25) is 0 Å². The van der Waals surface area contributed by atoms with Crippen LogP contribution in [0.3, 0.4) is 0 Å². The summed E-state index contributed by atoms with van der Waals surface area (Å²) < 4.78 is 5.23. The van der Waals surface area contributed by atoms with Crippen molar-refractivity contribution in [1.82, 2.24) is 4.57 Å². The van der Waals surface area contributed by atoms with Crippen molar-refractivity contribution in [3.63, 3.8) is 0 Å². The number of rotatable bonds is 3. The Bertz CT molecular complexity index is 3210. The first-order valence-electron chi connectivity index (χ1n) is 19.0. The van der Waals surface area contributed by atoms with Crippen LogP contribution in [0.4, 0.5) is 0 Å². The van der Waals surface area contributed by atoms with Crippen LogP contribution in [-0.2, 0) is 11.8 Å². The lowest BCUT2D eigenvalue weighted by Crippen LogP contribution is -2.15. The van der Waals surface area contributed by atoms with E-state index in [0.29, 0.717) is 0 Å². The molecule has 1 nitrogen and oxygen atoms in total. The van der Waals surface area contributed by atoms with E-state index >= 15 is 0 Å². The van der Waals surface area contributed by atoms with Gasteiger partial charge in [0.05, 0.1) is 11.0 Å². The normalized spacial score (nSPS) is 13.8. The number of aromatic nitrogens is 1. The average Bonchev–Trinajstić information content (AvgIpc) is 3.94. The number of thiophene rings is 1. The molecule has 12 rings (SSSR count). The summed E-state index contributed by atoms with van der Waals surface area (Å²) in [5.41, 5.74) is 19.6. The molecule has 2 heteroatoms. The Balaban J connectivity index is 1.06. The summed E-state index contributed by atoms with van der Waals surface area (Å²) in [6.45, 7) is 4.85. The lowest BCUT2D eigenvalue weighted by atomic mass is 9.80. The molecule has 254 valence electrons. The SMILES string of the molecule is CC1(C)c2cc(-n3c4ccc(-c5ccccc5)cc4c4cc(-c5ccc6c(c5)-c5ccccc5C6)ccc43)ccc2-c2ccc3sc4ccccc4c3c21. The van der Waals surface area contributed by atoms with Crippen LogP contribution in [0.15, 0.2) is 164 Å². The predicted molar refractivity (Wildman–Crippen MR) is 230 cm³/mol. The van der Waals surface area contributed by atoms with Gasteiger partial charge in [-0.25, -0.2) is 0 Å². The minimum atomic E-state index is -0.150. The Labute approximate surface area is 318 Å². The quantitative estimate of drug-likeness (QED) is 0.172. The molecule has 2 heterocycles. The molecule has 0 amide bonds. The molecule has 10 aromatic rings. The molecule has 2 aliphatic rings. The minimum Gasteiger partial charge on any atom is -0.309 e. The minimum absolute atomic E-state index is 0.150. The Morgan fingerprint density at radius 2 is 1.13 bits per heavy atom. The van der Waals surface area contributed by atoms with Gasteiger partial charge in [0.1, 0.15) is 0 Å². The third-order valence-electron chi connectivity index (χ3n) is 12.4. The van der Waals surface area contributed by atoms with Gasteiger partial charge in [0.2, 0.25) is 0 Å². The zero-order valence-electron chi connectivity index (χ0n) is 30.2. The molecule has 0 saturated carbocycles. The van der Waals surface area contributed by atoms with Gasteiger partial charge in [-0.1, -0.05) is 123 Å². The molecule has 8 aromatic carbocycles. The van der Waals surface area contributed by atoms with E-state index in [2.05, 4.69) is 182 Å². The number of fused-ring (bicyclic) bond motifs is 13. The molecular formula is C52H35NS. The van der Waals surface area contributed by atoms with Crippen molar-refractivity contribution in [3.8, 4) is 50.2 Å². The molecule has 54 heavy (non-hydrogen) atoms. The van der Waals surface area contributed by atoms with Crippen molar-refractivity contribution in [2.45, 2.75) is 25.7 Å². The van der Waals surface area contributed by atoms with Crippen molar-refractivity contribution in [1.29, 1.82) is 0 Å². The molecule has 0 spiro atoms. The topological polar surface area (TPSA) is 4.93 Å². The lowest BCUT2D eigenvalue weighted by molar-refractivity contribution is 0.666. The number of hydrogen-bond donors (Lipinski definition) is 0. The fourth-order valence-corrected chi connectivity index (χ4v) is 11.0. The highest BCUT2D eigenvalue weighted by molar-refractivity contribution is 7.25. The van der Waals surface area contributed by atoms with Gasteiger partial charge >= 0.3 is 0 Å². The fraction of sp³-hybridized carbons (Fsp3) is 0.0769. The number of hydrogen-bond acceptors (Lipinski definition) is 1. The zero-order chi connectivity index (χ0) is 35.7. The van der Waals surface area contributed by atoms with E-state index in [1.807, 2.05) is 11.3 Å². The first kappa shape index (κ1) is 30.3. The van der Waals surface area contributed by atoms with Crippen LogP contribution >= 0.6 is 11.3 Å². The van der Waals surface area contributed by atoms with Crippen LogP contribution in [-0.4, -0.2) is 4.57 Å². The van der Waals surface area contributed by atoms with E-state index in [1.54, 1.807) is 0 Å². The fourth-order valence-electron chi connectivity index (χ4n) is 9.84. The van der Waals surface area contributed by atoms with Gasteiger partial charge < -0.3 is 4.57 Å². The summed E-state index contributed by atoms with van der Waals surface area (Å²) in [7, 11) is 0. The van der Waals surface area contributed by atoms with E-state index in [-0.39, 0.29) is 5.41 Å². The van der Waals surface area contributed by atoms with Crippen molar-refractivity contribution < 1.29 is 0 Å². The van der Waals surface area contributed by atoms with Crippen molar-refractivity contribution in [3.05, 3.63) is 186 Å². The molecule has 0 radical (unpaired) electrons. The van der Waals surface area contributed by atoms with Crippen molar-refractivity contribution in [2.75, 3.05) is 0 Å². The molecule has 0 fully saturated rings. The highest BCUT2D eigenvalue weighted by atomic mass is 32.1. The monoisotopic (exact) mass is 705 g/mol. The van der Waals surface area contributed by atoms with Gasteiger partial charge in [0.15, 0.2) is 0 Å². The van der Waals surface area contributed by atoms with E-state index in [1.165, 1.54) is 114 Å². The van der Waals surface area contributed by atoms with Crippen LogP contribution in [0.2, 0.25) is 0 Å². The highest BCUT2D eigenvalue weighted by Gasteiger charge is 2.38. The first-order valence-corrected chi connectivity index (χ1v) is 19.8. The second-order valence-corrected chi connectivity index (χ2v) is 16.8. The van der Waals surface area contributed by atoms with Gasteiger partial charge in [-0.05, 0) is 128 Å². The second kappa shape index (κ2) is 10.9. The standard InChI is InChI=1S/C52H35NS/c1-52(2)45-30-37(20-21-39(45)40-22-25-49-50(51(40)52)41-14-8-9-15-48(41)54-49)53-46-23-18-32(31-10-4-3-5-11-31)28-43(46)44-29-34(19-24-47(44)53)33-16-17-36-26-35-12-6-7-13-38(35)42(36)27-33/h3-25,27-30H,26H2,1-2H3. The summed E-state index contributed by atoms with van der Waals surface area (Å²) in [6.07, 6.45) is 1.01. The van der Waals surface area contributed by atoms with E-state index in [4.69, 9.17) is 0 Å². The zero-order valence-corrected chi connectivity index (χ0v) is 31.0. The molecule has 0 saturated heterocycles. The summed E-state index contributed by atoms with van der Waals surface area (Å²) >= 11 is 1.91. The van der Waals surface area contributed by atoms with Crippen LogP contribution in [0.1, 0.15) is 36.1 Å². The summed E-state index contributed by atoms with van der Waals surface area (Å²) in [6, 6.07) is 61.6. The van der Waals surface area contributed by atoms with Gasteiger partial charge in [-0.15, -0.1) is 11.3 Å². The van der Waals surface area contributed by atoms with Crippen molar-refractivity contribution in [2.24, 2.45) is 0 Å². The van der Waals surface area contributed by atoms with Crippen molar-refractivity contribution >= 4 is 53.3 Å². The molecular weight excluding hydrogens is 671 g/mol. The maximum atomic E-state index is 2.50. The first-order chi connectivity index (χ1) is 26.5. The van der Waals surface area contributed by atoms with E-state index in [9.17, 15) is 0 Å². The molecule has 0 unspecified atom stereocenters. The lowest BCUT2D eigenvalue weighted by Gasteiger charge is -2.23. The highest BCUT2D eigenvalue weighted by Crippen LogP contribution is 2.54. The van der Waals surface area contributed by atoms with Gasteiger partial charge in [0.25, 0.3) is 0 Å². The molecule has 0 N–H and O–H groups in total. The Morgan fingerprint density at radius 3 is 1.96 bits per heavy atom. The molecule has 0 atom stereocenters. The third-order valence-corrected chi connectivity index (χ3v) is 13.5. The van der Waals surface area contributed by atoms with Crippen LogP contribution in [0.5, 0.6) is 0 Å². The third kappa shape index (κ3) is 4.15. The molecule has 2 aliphatic carbocycles. The second-order valence-electron chi connectivity index (χ2n) is 15.7. The van der Waals surface area contributed by atoms with Gasteiger partial charge in [0, 0.05) is 42.0 Å². The molecule has 0 bridgehead atoms. The predicted octanol–water partition coefficient (Wildman–Crippen LogP) is 14.4. The average molecular weight is 706 g/mol. The Morgan fingerprint density at radius 1 is 0.463 bits per heavy atom. The maximum Gasteiger partial charge on any atom is 0.0541 e. The number of benzene rings is 8. The van der Waals surface area contributed by atoms with E-state index in [0.717, 1.165) is 6.42 Å². The smallest absolute Gasteiger partial charge is 0.0541 e. The van der Waals surface area contributed by atoms with Crippen LogP contribution < -0.4 is 0 Å². The van der Waals surface area contributed by atoms with Crippen LogP contribution in [0, 0.1) is 0 Å². The van der Waals surface area contributed by atoms with Gasteiger partial charge in [-0.2, -0.15) is 0 Å². The maximum absolute atomic E-state index is 2.50. The van der Waals surface area contributed by atoms with Crippen LogP contribution in [0.25, 0.3) is 92.2 Å².